The van der Waals surface area contributed by atoms with Crippen molar-refractivity contribution in [2.75, 3.05) is 13.1 Å². The van der Waals surface area contributed by atoms with Gasteiger partial charge in [-0.05, 0) is 48.5 Å². The Labute approximate surface area is 216 Å². The fraction of sp³-hybridized carbons (Fsp3) is 0.250. The molecule has 0 spiro atoms. The molecule has 0 fully saturated rings. The lowest BCUT2D eigenvalue weighted by Crippen LogP contribution is -2.40. The highest BCUT2D eigenvalue weighted by Crippen LogP contribution is 2.12. The second-order valence-corrected chi connectivity index (χ2v) is 8.80. The van der Waals surface area contributed by atoms with E-state index >= 15 is 0 Å². The highest BCUT2D eigenvalue weighted by molar-refractivity contribution is 5.87. The molecule has 1 atom stereocenters. The van der Waals surface area contributed by atoms with Crippen molar-refractivity contribution < 1.29 is 15.0 Å². The van der Waals surface area contributed by atoms with Crippen LogP contribution in [0.1, 0.15) is 33.1 Å². The van der Waals surface area contributed by atoms with Gasteiger partial charge in [-0.2, -0.15) is 0 Å². The third-order valence-electron chi connectivity index (χ3n) is 5.73. The Morgan fingerprint density at radius 3 is 1.41 bits per heavy atom. The number of rotatable bonds is 13. The zero-order valence-corrected chi connectivity index (χ0v) is 20.5. The van der Waals surface area contributed by atoms with E-state index < -0.39 is 12.1 Å². The van der Waals surface area contributed by atoms with Gasteiger partial charge in [-0.15, -0.1) is 0 Å². The van der Waals surface area contributed by atoms with Crippen LogP contribution in [0.5, 0.6) is 0 Å². The number of carboxylic acids is 1. The Morgan fingerprint density at radius 1 is 0.649 bits per heavy atom. The first kappa shape index (κ1) is 26.0. The van der Waals surface area contributed by atoms with Gasteiger partial charge in [-0.1, -0.05) is 18.2 Å². The fourth-order valence-electron chi connectivity index (χ4n) is 4.06. The number of aliphatic hydroxyl groups is 1. The van der Waals surface area contributed by atoms with Gasteiger partial charge in [0.25, 0.3) is 0 Å². The molecule has 0 radical (unpaired) electrons. The molecular formula is C28H30N6O3. The van der Waals surface area contributed by atoms with Crippen LogP contribution in [0.2, 0.25) is 0 Å². The van der Waals surface area contributed by atoms with Gasteiger partial charge in [-0.25, -0.2) is 4.79 Å². The van der Waals surface area contributed by atoms with Crippen molar-refractivity contribution in [2.24, 2.45) is 0 Å². The Balaban J connectivity index is 1.47. The third-order valence-corrected chi connectivity index (χ3v) is 5.73. The van der Waals surface area contributed by atoms with E-state index in [1.54, 1.807) is 30.7 Å². The van der Waals surface area contributed by atoms with Gasteiger partial charge in [0.15, 0.2) is 0 Å². The molecule has 0 amide bonds. The maximum Gasteiger partial charge on any atom is 0.337 e. The molecule has 9 heteroatoms. The summed E-state index contributed by atoms with van der Waals surface area (Å²) in [5, 5.41) is 20.3. The van der Waals surface area contributed by atoms with Crippen molar-refractivity contribution in [3.05, 3.63) is 120 Å². The molecular weight excluding hydrogens is 468 g/mol. The van der Waals surface area contributed by atoms with Crippen LogP contribution in [0.25, 0.3) is 0 Å². The third kappa shape index (κ3) is 8.53. The maximum absolute atomic E-state index is 11.2. The van der Waals surface area contributed by atoms with E-state index in [0.29, 0.717) is 45.0 Å². The summed E-state index contributed by atoms with van der Waals surface area (Å²) >= 11 is 0. The normalized spacial score (nSPS) is 12.1. The van der Waals surface area contributed by atoms with Crippen molar-refractivity contribution in [2.45, 2.75) is 32.3 Å². The van der Waals surface area contributed by atoms with Crippen LogP contribution in [-0.4, -0.2) is 65.1 Å². The lowest BCUT2D eigenvalue weighted by molar-refractivity contribution is 0.0615. The van der Waals surface area contributed by atoms with Crippen molar-refractivity contribution in [1.29, 1.82) is 0 Å². The van der Waals surface area contributed by atoms with Gasteiger partial charge in [0.05, 0.1) is 34.4 Å². The monoisotopic (exact) mass is 498 g/mol. The zero-order chi connectivity index (χ0) is 25.9. The Bertz CT molecular complexity index is 1190. The Hall–Kier alpha value is -4.05. The van der Waals surface area contributed by atoms with Gasteiger partial charge in [-0.3, -0.25) is 29.7 Å². The minimum Gasteiger partial charge on any atom is -0.478 e. The average molecular weight is 499 g/mol. The summed E-state index contributed by atoms with van der Waals surface area (Å²) in [6.45, 7) is 2.89. The van der Waals surface area contributed by atoms with Crippen LogP contribution in [0.15, 0.2) is 91.5 Å². The molecule has 9 nitrogen and oxygen atoms in total. The van der Waals surface area contributed by atoms with E-state index in [1.165, 1.54) is 6.20 Å². The standard InChI is InChI=1S/C28H30N6O3/c35-27(20-33(16-23-7-1-4-12-29-23)17-24-8-2-5-13-30-24)21-34(18-25-9-3-6-14-31-25)19-26-11-10-22(15-32-26)28(36)37/h1-15,27,35H,16-21H2,(H,36,37). The van der Waals surface area contributed by atoms with Crippen LogP contribution >= 0.6 is 0 Å². The van der Waals surface area contributed by atoms with Crippen molar-refractivity contribution in [3.8, 4) is 0 Å². The van der Waals surface area contributed by atoms with Crippen LogP contribution in [0.3, 0.4) is 0 Å². The van der Waals surface area contributed by atoms with Gasteiger partial charge in [0.2, 0.25) is 0 Å². The predicted molar refractivity (Wildman–Crippen MR) is 138 cm³/mol. The number of aromatic carboxylic acids is 1. The molecule has 0 saturated heterocycles. The number of hydrogen-bond donors (Lipinski definition) is 2. The molecule has 4 rings (SSSR count). The van der Waals surface area contributed by atoms with Crippen LogP contribution in [0.4, 0.5) is 0 Å². The average Bonchev–Trinajstić information content (AvgIpc) is 2.90. The number of nitrogens with zero attached hydrogens (tertiary/aromatic N) is 6. The maximum atomic E-state index is 11.2. The lowest BCUT2D eigenvalue weighted by Gasteiger charge is -2.29. The first-order valence-electron chi connectivity index (χ1n) is 12.1. The summed E-state index contributed by atoms with van der Waals surface area (Å²) in [5.74, 6) is -1.01. The number of aromatic nitrogens is 4. The molecule has 0 aromatic carbocycles. The molecule has 1 unspecified atom stereocenters. The smallest absolute Gasteiger partial charge is 0.337 e. The van der Waals surface area contributed by atoms with E-state index in [4.69, 9.17) is 5.11 Å². The minimum absolute atomic E-state index is 0.139. The topological polar surface area (TPSA) is 116 Å². The highest BCUT2D eigenvalue weighted by Gasteiger charge is 2.19. The van der Waals surface area contributed by atoms with E-state index in [9.17, 15) is 9.90 Å². The SMILES string of the molecule is O=C(O)c1ccc(CN(Cc2ccccn2)CC(O)CN(Cc2ccccn2)Cc2ccccn2)nc1. The minimum atomic E-state index is -1.01. The number of carbonyl (C=O) groups is 1. The van der Waals surface area contributed by atoms with Gasteiger partial charge in [0.1, 0.15) is 0 Å². The molecule has 4 heterocycles. The molecule has 4 aromatic rings. The number of aliphatic hydroxyl groups excluding tert-OH is 1. The molecule has 0 saturated carbocycles. The summed E-state index contributed by atoms with van der Waals surface area (Å²) in [7, 11) is 0. The predicted octanol–water partition coefficient (Wildman–Crippen LogP) is 3.03. The van der Waals surface area contributed by atoms with Gasteiger partial charge >= 0.3 is 5.97 Å². The second kappa shape index (κ2) is 13.3. The first-order chi connectivity index (χ1) is 18.0. The number of carboxylic acid groups (broad SMARTS) is 1. The fourth-order valence-corrected chi connectivity index (χ4v) is 4.06. The number of pyridine rings is 4. The first-order valence-corrected chi connectivity index (χ1v) is 12.1. The summed E-state index contributed by atoms with van der Waals surface area (Å²) < 4.78 is 0. The van der Waals surface area contributed by atoms with Crippen LogP contribution < -0.4 is 0 Å². The summed E-state index contributed by atoms with van der Waals surface area (Å²) in [6, 6.07) is 20.6. The van der Waals surface area contributed by atoms with Crippen molar-refractivity contribution >= 4 is 5.97 Å². The number of hydrogen-bond acceptors (Lipinski definition) is 8. The van der Waals surface area contributed by atoms with Crippen LogP contribution in [0, 0.1) is 0 Å². The van der Waals surface area contributed by atoms with E-state index in [0.717, 1.165) is 17.1 Å². The molecule has 4 aromatic heterocycles. The molecule has 0 aliphatic heterocycles. The lowest BCUT2D eigenvalue weighted by atomic mass is 10.2. The molecule has 0 bridgehead atoms. The van der Waals surface area contributed by atoms with E-state index in [2.05, 4.69) is 29.7 Å². The summed E-state index contributed by atoms with van der Waals surface area (Å²) in [6.07, 6.45) is 5.96. The van der Waals surface area contributed by atoms with Crippen molar-refractivity contribution in [3.63, 3.8) is 0 Å². The summed E-state index contributed by atoms with van der Waals surface area (Å²) in [4.78, 5) is 33.0. The van der Waals surface area contributed by atoms with Crippen LogP contribution in [-0.2, 0) is 26.2 Å². The Kier molecular flexibility index (Phi) is 9.36. The molecule has 37 heavy (non-hydrogen) atoms. The molecule has 0 aliphatic rings. The van der Waals surface area contributed by atoms with Gasteiger partial charge in [0, 0.05) is 64.1 Å². The Morgan fingerprint density at radius 2 is 1.08 bits per heavy atom. The van der Waals surface area contributed by atoms with Crippen molar-refractivity contribution in [1.82, 2.24) is 29.7 Å². The summed E-state index contributed by atoms with van der Waals surface area (Å²) in [5.41, 5.74) is 3.56. The van der Waals surface area contributed by atoms with Gasteiger partial charge < -0.3 is 10.2 Å². The second-order valence-electron chi connectivity index (χ2n) is 8.80. The molecule has 0 aliphatic carbocycles. The zero-order valence-electron chi connectivity index (χ0n) is 20.5. The quantitative estimate of drug-likeness (QED) is 0.287. The van der Waals surface area contributed by atoms with E-state index in [1.807, 2.05) is 54.6 Å². The highest BCUT2D eigenvalue weighted by atomic mass is 16.4. The molecule has 2 N–H and O–H groups in total. The van der Waals surface area contributed by atoms with E-state index in [-0.39, 0.29) is 5.56 Å². The molecule has 190 valence electrons. The largest absolute Gasteiger partial charge is 0.478 e.